The summed E-state index contributed by atoms with van der Waals surface area (Å²) in [5.74, 6) is 0.643. The zero-order valence-electron chi connectivity index (χ0n) is 12.5. The van der Waals surface area contributed by atoms with E-state index in [0.29, 0.717) is 12.4 Å². The van der Waals surface area contributed by atoms with Crippen LogP contribution in [0.2, 0.25) is 0 Å². The molecule has 0 aliphatic heterocycles. The fourth-order valence-electron chi connectivity index (χ4n) is 2.39. The van der Waals surface area contributed by atoms with Gasteiger partial charge in [-0.25, -0.2) is 0 Å². The van der Waals surface area contributed by atoms with Crippen LogP contribution in [0.3, 0.4) is 0 Å². The molecule has 0 aliphatic carbocycles. The lowest BCUT2D eigenvalue weighted by molar-refractivity contribution is -0.123. The third-order valence-corrected chi connectivity index (χ3v) is 3.86. The fourth-order valence-corrected chi connectivity index (χ4v) is 2.39. The molecular formula is C16H22N4O. The van der Waals surface area contributed by atoms with Crippen molar-refractivity contribution < 1.29 is 4.79 Å². The van der Waals surface area contributed by atoms with Crippen molar-refractivity contribution in [2.24, 2.45) is 5.92 Å². The maximum Gasteiger partial charge on any atom is 0.228 e. The number of hydrogen-bond acceptors (Lipinski definition) is 3. The number of carbonyl (C=O) groups excluding carboxylic acids is 1. The van der Waals surface area contributed by atoms with E-state index >= 15 is 0 Å². The summed E-state index contributed by atoms with van der Waals surface area (Å²) in [6, 6.07) is 9.89. The Bertz CT molecular complexity index is 579. The van der Waals surface area contributed by atoms with Gasteiger partial charge in [-0.05, 0) is 11.5 Å². The number of nitrogen functional groups attached to an aromatic ring is 1. The van der Waals surface area contributed by atoms with Gasteiger partial charge >= 0.3 is 0 Å². The van der Waals surface area contributed by atoms with Gasteiger partial charge in [0.2, 0.25) is 5.91 Å². The van der Waals surface area contributed by atoms with Crippen LogP contribution in [-0.4, -0.2) is 16.1 Å². The first-order valence-electron chi connectivity index (χ1n) is 7.23. The minimum Gasteiger partial charge on any atom is -0.384 e. The smallest absolute Gasteiger partial charge is 0.228 e. The minimum absolute atomic E-state index is 0.0242. The van der Waals surface area contributed by atoms with E-state index in [1.165, 1.54) is 0 Å². The number of nitrogens with zero attached hydrogens (tertiary/aromatic N) is 1. The van der Waals surface area contributed by atoms with Crippen molar-refractivity contribution in [2.75, 3.05) is 5.73 Å². The van der Waals surface area contributed by atoms with Crippen molar-refractivity contribution in [1.82, 2.24) is 15.5 Å². The number of benzene rings is 1. The normalized spacial score (nSPS) is 13.6. The van der Waals surface area contributed by atoms with Crippen LogP contribution >= 0.6 is 0 Å². The van der Waals surface area contributed by atoms with Crippen molar-refractivity contribution in [3.63, 3.8) is 0 Å². The predicted molar refractivity (Wildman–Crippen MR) is 83.5 cm³/mol. The number of nitrogens with two attached hydrogens (primary N) is 1. The van der Waals surface area contributed by atoms with Crippen molar-refractivity contribution in [1.29, 1.82) is 0 Å². The molecule has 0 saturated heterocycles. The number of carbonyl (C=O) groups is 1. The molecule has 0 spiro atoms. The summed E-state index contributed by atoms with van der Waals surface area (Å²) >= 11 is 0. The molecule has 1 aromatic carbocycles. The van der Waals surface area contributed by atoms with Gasteiger partial charge in [0.25, 0.3) is 0 Å². The van der Waals surface area contributed by atoms with Crippen LogP contribution in [0.15, 0.2) is 36.5 Å². The average molecular weight is 286 g/mol. The largest absolute Gasteiger partial charge is 0.384 e. The van der Waals surface area contributed by atoms with Gasteiger partial charge in [-0.1, -0.05) is 50.6 Å². The molecular weight excluding hydrogens is 264 g/mol. The molecule has 1 heterocycles. The van der Waals surface area contributed by atoms with Gasteiger partial charge in [0.05, 0.1) is 12.1 Å². The lowest BCUT2D eigenvalue weighted by Gasteiger charge is -2.22. The summed E-state index contributed by atoms with van der Waals surface area (Å²) in [7, 11) is 0. The molecule has 5 nitrogen and oxygen atoms in total. The second-order valence-electron chi connectivity index (χ2n) is 5.30. The Morgan fingerprint density at radius 2 is 2.10 bits per heavy atom. The summed E-state index contributed by atoms with van der Waals surface area (Å²) in [6.07, 6.45) is 2.58. The van der Waals surface area contributed by atoms with Gasteiger partial charge in [0, 0.05) is 12.1 Å². The standard InChI is InChI=1S/C16H22N4O/c1-3-11(2)14(12-7-5-4-6-8-12)16(21)18-9-13-10-19-20-15(13)17/h4-8,10-11,14H,3,9H2,1-2H3,(H,18,21)(H3,17,19,20). The predicted octanol–water partition coefficient (Wildman–Crippen LogP) is 2.44. The number of aromatic nitrogens is 2. The number of rotatable bonds is 6. The van der Waals surface area contributed by atoms with Gasteiger partial charge in [-0.2, -0.15) is 5.10 Å². The zero-order valence-corrected chi connectivity index (χ0v) is 12.5. The van der Waals surface area contributed by atoms with Gasteiger partial charge < -0.3 is 11.1 Å². The Kier molecular flexibility index (Phi) is 4.98. The first-order chi connectivity index (χ1) is 10.1. The molecule has 0 bridgehead atoms. The number of hydrogen-bond donors (Lipinski definition) is 3. The van der Waals surface area contributed by atoms with Crippen LogP contribution < -0.4 is 11.1 Å². The molecule has 4 N–H and O–H groups in total. The summed E-state index contributed by atoms with van der Waals surface area (Å²) in [4.78, 5) is 12.6. The number of anilines is 1. The SMILES string of the molecule is CCC(C)C(C(=O)NCc1cn[nH]c1N)c1ccccc1. The van der Waals surface area contributed by atoms with Crippen LogP contribution in [0.25, 0.3) is 0 Å². The molecule has 0 radical (unpaired) electrons. The third kappa shape index (κ3) is 3.62. The van der Waals surface area contributed by atoms with Crippen LogP contribution in [0.4, 0.5) is 5.82 Å². The maximum absolute atomic E-state index is 12.6. The molecule has 21 heavy (non-hydrogen) atoms. The fraction of sp³-hybridized carbons (Fsp3) is 0.375. The van der Waals surface area contributed by atoms with E-state index in [1.807, 2.05) is 30.3 Å². The highest BCUT2D eigenvalue weighted by atomic mass is 16.1. The maximum atomic E-state index is 12.6. The van der Waals surface area contributed by atoms with E-state index in [2.05, 4.69) is 29.4 Å². The van der Waals surface area contributed by atoms with E-state index in [0.717, 1.165) is 17.5 Å². The van der Waals surface area contributed by atoms with E-state index in [4.69, 9.17) is 5.73 Å². The third-order valence-electron chi connectivity index (χ3n) is 3.86. The highest BCUT2D eigenvalue weighted by Gasteiger charge is 2.25. The first-order valence-corrected chi connectivity index (χ1v) is 7.23. The molecule has 2 atom stereocenters. The Balaban J connectivity index is 2.10. The Labute approximate surface area is 124 Å². The number of nitrogens with one attached hydrogen (secondary N) is 2. The average Bonchev–Trinajstić information content (AvgIpc) is 2.91. The number of aromatic amines is 1. The van der Waals surface area contributed by atoms with Gasteiger partial charge in [-0.15, -0.1) is 0 Å². The van der Waals surface area contributed by atoms with Crippen molar-refractivity contribution in [3.05, 3.63) is 47.7 Å². The highest BCUT2D eigenvalue weighted by molar-refractivity contribution is 5.84. The van der Waals surface area contributed by atoms with Crippen molar-refractivity contribution in [3.8, 4) is 0 Å². The summed E-state index contributed by atoms with van der Waals surface area (Å²) < 4.78 is 0. The molecule has 1 aromatic heterocycles. The molecule has 2 aromatic rings. The van der Waals surface area contributed by atoms with Gasteiger partial charge in [0.15, 0.2) is 0 Å². The van der Waals surface area contributed by atoms with Crippen LogP contribution in [0.5, 0.6) is 0 Å². The summed E-state index contributed by atoms with van der Waals surface area (Å²) in [6.45, 7) is 4.59. The Morgan fingerprint density at radius 3 is 2.67 bits per heavy atom. The molecule has 0 aliphatic rings. The molecule has 0 fully saturated rings. The zero-order chi connectivity index (χ0) is 15.2. The van der Waals surface area contributed by atoms with Crippen LogP contribution in [-0.2, 0) is 11.3 Å². The highest BCUT2D eigenvalue weighted by Crippen LogP contribution is 2.27. The summed E-state index contributed by atoms with van der Waals surface area (Å²) in [5, 5.41) is 9.48. The van der Waals surface area contributed by atoms with Crippen LogP contribution in [0.1, 0.15) is 37.3 Å². The van der Waals surface area contributed by atoms with Crippen LogP contribution in [0, 0.1) is 5.92 Å². The van der Waals surface area contributed by atoms with E-state index in [1.54, 1.807) is 6.20 Å². The molecule has 2 rings (SSSR count). The Morgan fingerprint density at radius 1 is 1.38 bits per heavy atom. The lowest BCUT2D eigenvalue weighted by Crippen LogP contribution is -2.32. The van der Waals surface area contributed by atoms with Gasteiger partial charge in [0.1, 0.15) is 5.82 Å². The molecule has 0 saturated carbocycles. The number of H-pyrrole nitrogens is 1. The summed E-state index contributed by atoms with van der Waals surface area (Å²) in [5.41, 5.74) is 7.58. The molecule has 112 valence electrons. The van der Waals surface area contributed by atoms with Crippen molar-refractivity contribution >= 4 is 11.7 Å². The monoisotopic (exact) mass is 286 g/mol. The molecule has 2 unspecified atom stereocenters. The van der Waals surface area contributed by atoms with E-state index in [9.17, 15) is 4.79 Å². The quantitative estimate of drug-likeness (QED) is 0.762. The van der Waals surface area contributed by atoms with E-state index in [-0.39, 0.29) is 17.7 Å². The second kappa shape index (κ2) is 6.92. The minimum atomic E-state index is -0.149. The molecule has 5 heteroatoms. The topological polar surface area (TPSA) is 83.8 Å². The second-order valence-corrected chi connectivity index (χ2v) is 5.30. The lowest BCUT2D eigenvalue weighted by atomic mass is 9.85. The Hall–Kier alpha value is -2.30. The molecule has 1 amide bonds. The van der Waals surface area contributed by atoms with Gasteiger partial charge in [-0.3, -0.25) is 9.89 Å². The number of amides is 1. The first kappa shape index (κ1) is 15.1. The van der Waals surface area contributed by atoms with Crippen molar-refractivity contribution in [2.45, 2.75) is 32.7 Å². The van der Waals surface area contributed by atoms with E-state index < -0.39 is 0 Å².